The van der Waals surface area contributed by atoms with E-state index in [1.807, 2.05) is 49.4 Å². The van der Waals surface area contributed by atoms with Crippen LogP contribution in [0.15, 0.2) is 138 Å². The van der Waals surface area contributed by atoms with Crippen LogP contribution in [0.1, 0.15) is 41.7 Å². The van der Waals surface area contributed by atoms with E-state index in [0.29, 0.717) is 5.56 Å². The molecular formula is C38H39N2O3S+. The molecule has 0 aliphatic heterocycles. The van der Waals surface area contributed by atoms with E-state index < -0.39 is 10.1 Å². The van der Waals surface area contributed by atoms with Gasteiger partial charge in [0.15, 0.2) is 12.3 Å². The average molecular weight is 604 g/mol. The Balaban J connectivity index is 1.58. The maximum atomic E-state index is 12.6. The van der Waals surface area contributed by atoms with Crippen molar-refractivity contribution in [1.29, 1.82) is 0 Å². The molecule has 44 heavy (non-hydrogen) atoms. The van der Waals surface area contributed by atoms with Crippen molar-refractivity contribution in [3.05, 3.63) is 161 Å². The molecule has 0 fully saturated rings. The van der Waals surface area contributed by atoms with Crippen LogP contribution < -0.4 is 4.90 Å². The molecule has 1 N–H and O–H groups in total. The highest BCUT2D eigenvalue weighted by Gasteiger charge is 2.23. The summed E-state index contributed by atoms with van der Waals surface area (Å²) >= 11 is 0. The number of anilines is 1. The summed E-state index contributed by atoms with van der Waals surface area (Å²) in [6, 6.07) is 34.2. The van der Waals surface area contributed by atoms with Crippen molar-refractivity contribution in [2.24, 2.45) is 0 Å². The summed E-state index contributed by atoms with van der Waals surface area (Å²) < 4.78 is 37.8. The Labute approximate surface area is 261 Å². The Hall–Kier alpha value is -4.52. The van der Waals surface area contributed by atoms with E-state index in [9.17, 15) is 13.0 Å². The molecule has 0 radical (unpaired) electrons. The van der Waals surface area contributed by atoms with Crippen LogP contribution in [0.5, 0.6) is 0 Å². The van der Waals surface area contributed by atoms with Crippen LogP contribution in [0.25, 0.3) is 5.57 Å². The first-order valence-electron chi connectivity index (χ1n) is 15.0. The SMILES string of the molecule is CCN(Cc1ccccc1)c1ccc(C(=C2C=CC(=[N+](CC)Cc3ccccc3)C=C2)c2ccc(C)cc2S(=O)(=O)O)cc1. The molecule has 0 saturated carbocycles. The van der Waals surface area contributed by atoms with E-state index in [4.69, 9.17) is 0 Å². The Kier molecular flexibility index (Phi) is 9.73. The van der Waals surface area contributed by atoms with Gasteiger partial charge in [0.1, 0.15) is 11.4 Å². The zero-order valence-electron chi connectivity index (χ0n) is 25.5. The molecule has 0 heterocycles. The van der Waals surface area contributed by atoms with Gasteiger partial charge in [-0.2, -0.15) is 8.42 Å². The number of hydrogen-bond acceptors (Lipinski definition) is 3. The molecule has 0 unspecified atom stereocenters. The molecule has 4 aromatic rings. The Morgan fingerprint density at radius 3 is 1.95 bits per heavy atom. The Morgan fingerprint density at radius 2 is 1.39 bits per heavy atom. The molecule has 224 valence electrons. The minimum Gasteiger partial charge on any atom is -0.367 e. The van der Waals surface area contributed by atoms with Gasteiger partial charge in [-0.05, 0) is 79.0 Å². The topological polar surface area (TPSA) is 60.6 Å². The van der Waals surface area contributed by atoms with Crippen LogP contribution in [0.4, 0.5) is 5.69 Å². The number of benzene rings is 4. The molecule has 0 aromatic heterocycles. The predicted molar refractivity (Wildman–Crippen MR) is 181 cm³/mol. The first kappa shape index (κ1) is 30.9. The molecule has 0 spiro atoms. The zero-order valence-corrected chi connectivity index (χ0v) is 26.3. The van der Waals surface area contributed by atoms with Crippen LogP contribution in [0.2, 0.25) is 0 Å². The highest BCUT2D eigenvalue weighted by atomic mass is 32.2. The molecule has 6 heteroatoms. The van der Waals surface area contributed by atoms with Crippen molar-refractivity contribution in [3.8, 4) is 0 Å². The summed E-state index contributed by atoms with van der Waals surface area (Å²) in [5.74, 6) is 0. The molecule has 0 amide bonds. The summed E-state index contributed by atoms with van der Waals surface area (Å²) in [7, 11) is -4.47. The van der Waals surface area contributed by atoms with Gasteiger partial charge in [-0.25, -0.2) is 4.58 Å². The second-order valence-corrected chi connectivity index (χ2v) is 12.3. The van der Waals surface area contributed by atoms with Crippen LogP contribution in [0, 0.1) is 6.92 Å². The highest BCUT2D eigenvalue weighted by Crippen LogP contribution is 2.35. The van der Waals surface area contributed by atoms with Gasteiger partial charge in [0.2, 0.25) is 0 Å². The summed E-state index contributed by atoms with van der Waals surface area (Å²) in [6.45, 7) is 9.35. The van der Waals surface area contributed by atoms with Gasteiger partial charge in [-0.15, -0.1) is 0 Å². The van der Waals surface area contributed by atoms with Gasteiger partial charge < -0.3 is 4.90 Å². The van der Waals surface area contributed by atoms with E-state index in [-0.39, 0.29) is 4.90 Å². The lowest BCUT2D eigenvalue weighted by atomic mass is 9.90. The monoisotopic (exact) mass is 603 g/mol. The molecule has 0 bridgehead atoms. The normalized spacial score (nSPS) is 12.8. The molecule has 0 atom stereocenters. The van der Waals surface area contributed by atoms with Gasteiger partial charge in [0, 0.05) is 42.1 Å². The van der Waals surface area contributed by atoms with E-state index in [2.05, 4.69) is 96.1 Å². The van der Waals surface area contributed by atoms with E-state index in [1.54, 1.807) is 6.07 Å². The smallest absolute Gasteiger partial charge is 0.295 e. The number of rotatable bonds is 10. The minimum atomic E-state index is -4.47. The van der Waals surface area contributed by atoms with Crippen LogP contribution in [-0.4, -0.2) is 36.3 Å². The summed E-state index contributed by atoms with van der Waals surface area (Å²) in [5, 5.41) is 0. The highest BCUT2D eigenvalue weighted by molar-refractivity contribution is 7.86. The van der Waals surface area contributed by atoms with E-state index in [1.165, 1.54) is 17.2 Å². The Morgan fingerprint density at radius 1 is 0.773 bits per heavy atom. The van der Waals surface area contributed by atoms with E-state index >= 15 is 0 Å². The molecule has 5 rings (SSSR count). The second kappa shape index (κ2) is 13.8. The molecule has 5 nitrogen and oxygen atoms in total. The van der Waals surface area contributed by atoms with Crippen molar-refractivity contribution in [1.82, 2.24) is 0 Å². The molecule has 0 saturated heterocycles. The average Bonchev–Trinajstić information content (AvgIpc) is 3.04. The van der Waals surface area contributed by atoms with E-state index in [0.717, 1.165) is 59.9 Å². The third-order valence-electron chi connectivity index (χ3n) is 7.92. The van der Waals surface area contributed by atoms with Crippen molar-refractivity contribution in [3.63, 3.8) is 0 Å². The number of hydrogen-bond donors (Lipinski definition) is 1. The third kappa shape index (κ3) is 7.33. The largest absolute Gasteiger partial charge is 0.367 e. The maximum Gasteiger partial charge on any atom is 0.295 e. The summed E-state index contributed by atoms with van der Waals surface area (Å²) in [5.41, 5.74) is 8.31. The van der Waals surface area contributed by atoms with Gasteiger partial charge in [0.25, 0.3) is 10.1 Å². The number of aryl methyl sites for hydroxylation is 1. The quantitative estimate of drug-likeness (QED) is 0.148. The zero-order chi connectivity index (χ0) is 31.1. The molecule has 1 aliphatic rings. The molecule has 1 aliphatic carbocycles. The van der Waals surface area contributed by atoms with Crippen molar-refractivity contribution < 1.29 is 17.5 Å². The van der Waals surface area contributed by atoms with Crippen LogP contribution in [-0.2, 0) is 23.2 Å². The van der Waals surface area contributed by atoms with Crippen LogP contribution >= 0.6 is 0 Å². The molecule has 4 aromatic carbocycles. The van der Waals surface area contributed by atoms with Gasteiger partial charge >= 0.3 is 0 Å². The summed E-state index contributed by atoms with van der Waals surface area (Å²) in [6.07, 6.45) is 8.23. The van der Waals surface area contributed by atoms with Gasteiger partial charge in [0.05, 0.1) is 0 Å². The van der Waals surface area contributed by atoms with Crippen LogP contribution in [0.3, 0.4) is 0 Å². The fourth-order valence-electron chi connectivity index (χ4n) is 5.58. The predicted octanol–water partition coefficient (Wildman–Crippen LogP) is 7.87. The fraction of sp³-hybridized carbons (Fsp3) is 0.184. The lowest BCUT2D eigenvalue weighted by Gasteiger charge is -2.24. The lowest BCUT2D eigenvalue weighted by molar-refractivity contribution is -0.539. The third-order valence-corrected chi connectivity index (χ3v) is 8.82. The number of nitrogens with zero attached hydrogens (tertiary/aromatic N) is 2. The van der Waals surface area contributed by atoms with Gasteiger partial charge in [-0.3, -0.25) is 4.55 Å². The second-order valence-electron chi connectivity index (χ2n) is 10.9. The minimum absolute atomic E-state index is 0.0980. The first-order chi connectivity index (χ1) is 21.3. The first-order valence-corrected chi connectivity index (χ1v) is 16.4. The maximum absolute atomic E-state index is 12.6. The molecular weight excluding hydrogens is 564 g/mol. The van der Waals surface area contributed by atoms with Gasteiger partial charge in [-0.1, -0.05) is 84.9 Å². The Bertz CT molecular complexity index is 1820. The fourth-order valence-corrected chi connectivity index (χ4v) is 6.37. The number of allylic oxidation sites excluding steroid dienone is 5. The van der Waals surface area contributed by atoms with Crippen molar-refractivity contribution in [2.45, 2.75) is 38.8 Å². The standard InChI is InChI=1S/C38H38N2O3S/c1-4-39(27-30-12-8-6-9-13-30)34-21-17-32(18-22-34)38(36-25-16-29(3)26-37(36)44(41,42)43)33-19-23-35(24-20-33)40(5-2)28-31-14-10-7-11-15-31/h6-26H,4-5,27-28H2,1-3H3/p+1. The summed E-state index contributed by atoms with van der Waals surface area (Å²) in [4.78, 5) is 2.20. The van der Waals surface area contributed by atoms with Crippen molar-refractivity contribution in [2.75, 3.05) is 18.0 Å². The van der Waals surface area contributed by atoms with Crippen molar-refractivity contribution >= 4 is 27.1 Å². The lowest BCUT2D eigenvalue weighted by Crippen LogP contribution is -2.21.